The zero-order chi connectivity index (χ0) is 13.9. The fourth-order valence-electron chi connectivity index (χ4n) is 2.17. The summed E-state index contributed by atoms with van der Waals surface area (Å²) < 4.78 is 10.6. The van der Waals surface area contributed by atoms with Crippen LogP contribution in [-0.4, -0.2) is 35.8 Å². The first-order chi connectivity index (χ1) is 9.00. The highest BCUT2D eigenvalue weighted by atomic mass is 32.1. The molecule has 0 saturated carbocycles. The summed E-state index contributed by atoms with van der Waals surface area (Å²) in [6.07, 6.45) is 1.89. The van der Waals surface area contributed by atoms with Crippen LogP contribution in [0.2, 0.25) is 0 Å². The number of hydrogen-bond acceptors (Lipinski definition) is 6. The predicted octanol–water partition coefficient (Wildman–Crippen LogP) is 2.69. The van der Waals surface area contributed by atoms with Gasteiger partial charge >= 0.3 is 5.97 Å². The number of carbonyl (C=O) groups excluding carboxylic acids is 1. The highest BCUT2D eigenvalue weighted by Crippen LogP contribution is 2.27. The summed E-state index contributed by atoms with van der Waals surface area (Å²) in [4.78, 5) is 15.8. The van der Waals surface area contributed by atoms with Crippen LogP contribution in [0.15, 0.2) is 5.38 Å². The smallest absolute Gasteiger partial charge is 0.357 e. The lowest BCUT2D eigenvalue weighted by Gasteiger charge is -2.35. The monoisotopic (exact) mass is 284 g/mol. The molecule has 6 heteroatoms. The first-order valence-corrected chi connectivity index (χ1v) is 7.41. The number of rotatable bonds is 4. The van der Waals surface area contributed by atoms with E-state index >= 15 is 0 Å². The number of nitrogens with one attached hydrogen (secondary N) is 1. The van der Waals surface area contributed by atoms with Gasteiger partial charge in [0.15, 0.2) is 10.8 Å². The molecule has 0 amide bonds. The lowest BCUT2D eigenvalue weighted by atomic mass is 9.94. The quantitative estimate of drug-likeness (QED) is 0.861. The Balaban J connectivity index is 1.94. The zero-order valence-corrected chi connectivity index (χ0v) is 12.4. The first kappa shape index (κ1) is 14.3. The van der Waals surface area contributed by atoms with Crippen molar-refractivity contribution in [1.29, 1.82) is 0 Å². The van der Waals surface area contributed by atoms with E-state index in [1.807, 2.05) is 0 Å². The van der Waals surface area contributed by atoms with E-state index in [0.29, 0.717) is 18.3 Å². The number of anilines is 1. The average molecular weight is 284 g/mol. The maximum atomic E-state index is 11.5. The third-order valence-corrected chi connectivity index (χ3v) is 3.79. The maximum Gasteiger partial charge on any atom is 0.357 e. The van der Waals surface area contributed by atoms with Gasteiger partial charge in [-0.3, -0.25) is 0 Å². The second-order valence-electron chi connectivity index (χ2n) is 5.20. The first-order valence-electron chi connectivity index (χ1n) is 6.53. The second-order valence-corrected chi connectivity index (χ2v) is 6.06. The van der Waals surface area contributed by atoms with Gasteiger partial charge in [-0.2, -0.15) is 0 Å². The molecule has 0 bridgehead atoms. The molecule has 1 atom stereocenters. The molecule has 1 aromatic heterocycles. The zero-order valence-electron chi connectivity index (χ0n) is 11.6. The number of nitrogens with zero attached hydrogens (tertiary/aromatic N) is 1. The fraction of sp³-hybridized carbons (Fsp3) is 0.692. The molecule has 1 unspecified atom stereocenters. The van der Waals surface area contributed by atoms with Crippen molar-refractivity contribution >= 4 is 22.4 Å². The van der Waals surface area contributed by atoms with E-state index in [2.05, 4.69) is 24.1 Å². The van der Waals surface area contributed by atoms with Crippen LogP contribution in [0.4, 0.5) is 5.13 Å². The predicted molar refractivity (Wildman–Crippen MR) is 74.7 cm³/mol. The molecule has 0 spiro atoms. The van der Waals surface area contributed by atoms with Crippen molar-refractivity contribution in [3.05, 3.63) is 11.1 Å². The number of carbonyl (C=O) groups is 1. The molecular formula is C13H20N2O3S. The molecule has 2 heterocycles. The van der Waals surface area contributed by atoms with Crippen molar-refractivity contribution in [3.63, 3.8) is 0 Å². The van der Waals surface area contributed by atoms with Crippen molar-refractivity contribution in [2.24, 2.45) is 0 Å². The van der Waals surface area contributed by atoms with Crippen LogP contribution in [0.1, 0.15) is 44.1 Å². The number of esters is 1. The number of ether oxygens (including phenoxy) is 2. The highest BCUT2D eigenvalue weighted by molar-refractivity contribution is 7.13. The average Bonchev–Trinajstić information content (AvgIpc) is 2.76. The van der Waals surface area contributed by atoms with Crippen molar-refractivity contribution in [1.82, 2.24) is 4.98 Å². The van der Waals surface area contributed by atoms with E-state index < -0.39 is 0 Å². The highest BCUT2D eigenvalue weighted by Gasteiger charge is 2.29. The molecular weight excluding hydrogens is 264 g/mol. The minimum absolute atomic E-state index is 0.100. The second kappa shape index (κ2) is 5.88. The molecule has 0 aromatic carbocycles. The van der Waals surface area contributed by atoms with Crippen LogP contribution in [-0.2, 0) is 9.47 Å². The largest absolute Gasteiger partial charge is 0.461 e. The molecule has 0 aliphatic carbocycles. The summed E-state index contributed by atoms with van der Waals surface area (Å²) in [5.41, 5.74) is 0.276. The van der Waals surface area contributed by atoms with Gasteiger partial charge in [0.2, 0.25) is 0 Å². The molecule has 0 radical (unpaired) electrons. The minimum atomic E-state index is -0.362. The standard InChI is InChI=1S/C13H20N2O3S/c1-4-17-11(16)10-8-19-12(15-10)14-9-5-6-18-13(2,3)7-9/h8-9H,4-7H2,1-3H3,(H,14,15). The Hall–Kier alpha value is -1.14. The van der Waals surface area contributed by atoms with Crippen molar-refractivity contribution in [3.8, 4) is 0 Å². The summed E-state index contributed by atoms with van der Waals surface area (Å²) in [5.74, 6) is -0.362. The Labute approximate surface area is 117 Å². The Morgan fingerprint density at radius 2 is 2.47 bits per heavy atom. The fourth-order valence-corrected chi connectivity index (χ4v) is 2.93. The Morgan fingerprint density at radius 3 is 3.16 bits per heavy atom. The van der Waals surface area contributed by atoms with E-state index in [9.17, 15) is 4.79 Å². The number of aromatic nitrogens is 1. The van der Waals surface area contributed by atoms with Gasteiger partial charge in [-0.1, -0.05) is 0 Å². The van der Waals surface area contributed by atoms with Crippen LogP contribution in [0.3, 0.4) is 0 Å². The molecule has 2 rings (SSSR count). The van der Waals surface area contributed by atoms with Gasteiger partial charge in [-0.25, -0.2) is 9.78 Å². The van der Waals surface area contributed by atoms with Crippen molar-refractivity contribution in [2.75, 3.05) is 18.5 Å². The maximum absolute atomic E-state index is 11.5. The van der Waals surface area contributed by atoms with Gasteiger partial charge in [-0.05, 0) is 33.6 Å². The Bertz CT molecular complexity index is 445. The van der Waals surface area contributed by atoms with Crippen molar-refractivity contribution in [2.45, 2.75) is 45.3 Å². The molecule has 1 aliphatic heterocycles. The van der Waals surface area contributed by atoms with Gasteiger partial charge < -0.3 is 14.8 Å². The molecule has 1 N–H and O–H groups in total. The van der Waals surface area contributed by atoms with E-state index in [4.69, 9.17) is 9.47 Å². The molecule has 106 valence electrons. The van der Waals surface area contributed by atoms with Gasteiger partial charge in [0, 0.05) is 18.0 Å². The number of thiazole rings is 1. The molecule has 1 aromatic rings. The molecule has 1 aliphatic rings. The SMILES string of the molecule is CCOC(=O)c1csc(NC2CCOC(C)(C)C2)n1. The lowest BCUT2D eigenvalue weighted by molar-refractivity contribution is -0.0553. The molecule has 5 nitrogen and oxygen atoms in total. The van der Waals surface area contributed by atoms with Gasteiger partial charge in [-0.15, -0.1) is 11.3 Å². The minimum Gasteiger partial charge on any atom is -0.461 e. The van der Waals surface area contributed by atoms with Crippen LogP contribution < -0.4 is 5.32 Å². The molecule has 19 heavy (non-hydrogen) atoms. The summed E-state index contributed by atoms with van der Waals surface area (Å²) in [7, 11) is 0. The summed E-state index contributed by atoms with van der Waals surface area (Å²) in [6.45, 7) is 7.08. The number of hydrogen-bond donors (Lipinski definition) is 1. The van der Waals surface area contributed by atoms with E-state index in [1.54, 1.807) is 12.3 Å². The van der Waals surface area contributed by atoms with Crippen LogP contribution >= 0.6 is 11.3 Å². The summed E-state index contributed by atoms with van der Waals surface area (Å²) in [5, 5.41) is 5.87. The third kappa shape index (κ3) is 3.91. The summed E-state index contributed by atoms with van der Waals surface area (Å²) in [6, 6.07) is 0.338. The topological polar surface area (TPSA) is 60.5 Å². The van der Waals surface area contributed by atoms with E-state index in [-0.39, 0.29) is 11.6 Å². The normalized spacial score (nSPS) is 21.9. The van der Waals surface area contributed by atoms with E-state index in [0.717, 1.165) is 24.6 Å². The molecule has 1 saturated heterocycles. The van der Waals surface area contributed by atoms with Crippen LogP contribution in [0.25, 0.3) is 0 Å². The summed E-state index contributed by atoms with van der Waals surface area (Å²) >= 11 is 1.43. The van der Waals surface area contributed by atoms with Crippen molar-refractivity contribution < 1.29 is 14.3 Å². The van der Waals surface area contributed by atoms with Gasteiger partial charge in [0.25, 0.3) is 0 Å². The Morgan fingerprint density at radius 1 is 1.68 bits per heavy atom. The Kier molecular flexibility index (Phi) is 4.42. The third-order valence-electron chi connectivity index (χ3n) is 3.01. The van der Waals surface area contributed by atoms with Gasteiger partial charge in [0.05, 0.1) is 12.2 Å². The van der Waals surface area contributed by atoms with Crippen LogP contribution in [0.5, 0.6) is 0 Å². The van der Waals surface area contributed by atoms with Gasteiger partial charge in [0.1, 0.15) is 0 Å². The molecule has 1 fully saturated rings. The van der Waals surface area contributed by atoms with Crippen LogP contribution in [0, 0.1) is 0 Å². The van der Waals surface area contributed by atoms with E-state index in [1.165, 1.54) is 11.3 Å². The lowest BCUT2D eigenvalue weighted by Crippen LogP contribution is -2.40.